The lowest BCUT2D eigenvalue weighted by atomic mass is 9.70. The molecule has 2 atom stereocenters. The SMILES string of the molecule is CC1C(=O)N(Cc2ccc(OCCN3CCOCC3)cc2)C1(Cc1ccccc1)C(=O)O. The number of morpholine rings is 1. The number of amides is 1. The average Bonchev–Trinajstić information content (AvgIpc) is 2.83. The molecule has 0 bridgehead atoms. The Hall–Kier alpha value is -2.90. The lowest BCUT2D eigenvalue weighted by Gasteiger charge is -2.54. The molecule has 2 aliphatic heterocycles. The number of hydrogen-bond donors (Lipinski definition) is 1. The first-order valence-electron chi connectivity index (χ1n) is 11.1. The summed E-state index contributed by atoms with van der Waals surface area (Å²) in [6, 6.07) is 17.0. The Balaban J connectivity index is 1.39. The van der Waals surface area contributed by atoms with E-state index in [9.17, 15) is 14.7 Å². The van der Waals surface area contributed by atoms with Gasteiger partial charge in [-0.1, -0.05) is 49.4 Å². The van der Waals surface area contributed by atoms with Gasteiger partial charge in [-0.05, 0) is 23.3 Å². The van der Waals surface area contributed by atoms with Gasteiger partial charge in [0.25, 0.3) is 0 Å². The van der Waals surface area contributed by atoms with Crippen LogP contribution in [0.2, 0.25) is 0 Å². The van der Waals surface area contributed by atoms with Crippen LogP contribution in [0.15, 0.2) is 54.6 Å². The van der Waals surface area contributed by atoms with E-state index < -0.39 is 17.4 Å². The molecule has 1 amide bonds. The summed E-state index contributed by atoms with van der Waals surface area (Å²) in [5.41, 5.74) is 0.555. The second-order valence-electron chi connectivity index (χ2n) is 8.48. The summed E-state index contributed by atoms with van der Waals surface area (Å²) in [5, 5.41) is 10.1. The Bertz CT molecular complexity index is 927. The molecule has 4 rings (SSSR count). The lowest BCUT2D eigenvalue weighted by molar-refractivity contribution is -0.188. The van der Waals surface area contributed by atoms with Crippen molar-refractivity contribution in [2.45, 2.75) is 25.4 Å². The summed E-state index contributed by atoms with van der Waals surface area (Å²) in [4.78, 5) is 28.8. The first kappa shape index (κ1) is 22.3. The van der Waals surface area contributed by atoms with Crippen LogP contribution in [-0.4, -0.2) is 71.8 Å². The number of carboxylic acids is 1. The van der Waals surface area contributed by atoms with Gasteiger partial charge in [-0.3, -0.25) is 9.69 Å². The number of hydrogen-bond acceptors (Lipinski definition) is 5. The van der Waals surface area contributed by atoms with E-state index >= 15 is 0 Å². The van der Waals surface area contributed by atoms with Gasteiger partial charge in [0, 0.05) is 32.6 Å². The van der Waals surface area contributed by atoms with Gasteiger partial charge in [-0.2, -0.15) is 0 Å². The summed E-state index contributed by atoms with van der Waals surface area (Å²) in [6.07, 6.45) is 0.290. The highest BCUT2D eigenvalue weighted by Gasteiger charge is 2.62. The van der Waals surface area contributed by atoms with Crippen LogP contribution in [-0.2, 0) is 27.3 Å². The second kappa shape index (κ2) is 9.71. The molecule has 2 heterocycles. The minimum absolute atomic E-state index is 0.130. The minimum atomic E-state index is -1.23. The third-order valence-corrected chi connectivity index (χ3v) is 6.57. The molecule has 2 saturated heterocycles. The maximum atomic E-state index is 12.7. The zero-order valence-electron chi connectivity index (χ0n) is 18.4. The molecule has 7 nitrogen and oxygen atoms in total. The van der Waals surface area contributed by atoms with Gasteiger partial charge in [0.15, 0.2) is 5.54 Å². The molecule has 0 radical (unpaired) electrons. The van der Waals surface area contributed by atoms with E-state index in [4.69, 9.17) is 9.47 Å². The molecule has 7 heteroatoms. The molecule has 0 aliphatic carbocycles. The number of ether oxygens (including phenoxy) is 2. The van der Waals surface area contributed by atoms with E-state index in [1.165, 1.54) is 4.90 Å². The largest absolute Gasteiger partial charge is 0.492 e. The molecule has 32 heavy (non-hydrogen) atoms. The van der Waals surface area contributed by atoms with Crippen molar-refractivity contribution in [3.63, 3.8) is 0 Å². The zero-order chi connectivity index (χ0) is 22.6. The molecule has 0 spiro atoms. The van der Waals surface area contributed by atoms with Crippen LogP contribution in [0, 0.1) is 5.92 Å². The third kappa shape index (κ3) is 4.49. The molecule has 2 unspecified atom stereocenters. The van der Waals surface area contributed by atoms with Crippen LogP contribution in [0.4, 0.5) is 0 Å². The molecule has 2 fully saturated rings. The maximum Gasteiger partial charge on any atom is 0.330 e. The molecular weight excluding hydrogens is 408 g/mol. The number of rotatable bonds is 9. The molecule has 1 N–H and O–H groups in total. The quantitative estimate of drug-likeness (QED) is 0.606. The first-order valence-corrected chi connectivity index (χ1v) is 11.1. The summed E-state index contributed by atoms with van der Waals surface area (Å²) in [5.74, 6) is -0.896. The van der Waals surface area contributed by atoms with Gasteiger partial charge in [0.2, 0.25) is 5.91 Å². The van der Waals surface area contributed by atoms with E-state index in [1.807, 2.05) is 54.6 Å². The Kier molecular flexibility index (Phi) is 6.77. The van der Waals surface area contributed by atoms with Crippen molar-refractivity contribution in [2.75, 3.05) is 39.5 Å². The predicted molar refractivity (Wildman–Crippen MR) is 119 cm³/mol. The van der Waals surface area contributed by atoms with E-state index in [0.29, 0.717) is 13.0 Å². The van der Waals surface area contributed by atoms with Crippen molar-refractivity contribution in [3.8, 4) is 5.75 Å². The Morgan fingerprint density at radius 2 is 1.78 bits per heavy atom. The monoisotopic (exact) mass is 438 g/mol. The molecule has 0 aromatic heterocycles. The fraction of sp³-hybridized carbons (Fsp3) is 0.440. The highest BCUT2D eigenvalue weighted by Crippen LogP contribution is 2.42. The van der Waals surface area contributed by atoms with Crippen LogP contribution < -0.4 is 4.74 Å². The van der Waals surface area contributed by atoms with E-state index in [2.05, 4.69) is 4.90 Å². The fourth-order valence-corrected chi connectivity index (χ4v) is 4.54. The summed E-state index contributed by atoms with van der Waals surface area (Å²) < 4.78 is 11.2. The summed E-state index contributed by atoms with van der Waals surface area (Å²) in [6.45, 7) is 6.82. The van der Waals surface area contributed by atoms with Gasteiger partial charge >= 0.3 is 5.97 Å². The Morgan fingerprint density at radius 3 is 2.44 bits per heavy atom. The van der Waals surface area contributed by atoms with Crippen molar-refractivity contribution in [1.82, 2.24) is 9.80 Å². The molecule has 2 aromatic rings. The topological polar surface area (TPSA) is 79.3 Å². The molecule has 170 valence electrons. The number of carbonyl (C=O) groups excluding carboxylic acids is 1. The molecule has 2 aromatic carbocycles. The third-order valence-electron chi connectivity index (χ3n) is 6.57. The first-order chi connectivity index (χ1) is 15.5. The van der Waals surface area contributed by atoms with E-state index in [0.717, 1.165) is 49.7 Å². The van der Waals surface area contributed by atoms with Crippen molar-refractivity contribution in [1.29, 1.82) is 0 Å². The van der Waals surface area contributed by atoms with Crippen LogP contribution in [0.25, 0.3) is 0 Å². The van der Waals surface area contributed by atoms with E-state index in [1.54, 1.807) is 6.92 Å². The minimum Gasteiger partial charge on any atom is -0.492 e. The summed E-state index contributed by atoms with van der Waals surface area (Å²) >= 11 is 0. The van der Waals surface area contributed by atoms with Gasteiger partial charge < -0.3 is 19.5 Å². The van der Waals surface area contributed by atoms with Crippen molar-refractivity contribution < 1.29 is 24.2 Å². The Labute approximate surface area is 188 Å². The van der Waals surface area contributed by atoms with Crippen molar-refractivity contribution >= 4 is 11.9 Å². The molecular formula is C25H30N2O5. The van der Waals surface area contributed by atoms with E-state index in [-0.39, 0.29) is 12.5 Å². The normalized spacial score (nSPS) is 23.6. The summed E-state index contributed by atoms with van der Waals surface area (Å²) in [7, 11) is 0. The van der Waals surface area contributed by atoms with Gasteiger partial charge in [-0.25, -0.2) is 4.79 Å². The number of carbonyl (C=O) groups is 2. The number of aliphatic carboxylic acids is 1. The standard InChI is InChI=1S/C25H30N2O5/c1-19-23(28)27(25(19,24(29)30)17-20-5-3-2-4-6-20)18-21-7-9-22(10-8-21)32-16-13-26-11-14-31-15-12-26/h2-10,19H,11-18H2,1H3,(H,29,30). The lowest BCUT2D eigenvalue weighted by Crippen LogP contribution is -2.74. The number of nitrogens with zero attached hydrogens (tertiary/aromatic N) is 2. The second-order valence-corrected chi connectivity index (χ2v) is 8.48. The average molecular weight is 439 g/mol. The number of β-lactam (4-membered cyclic amide) rings is 1. The smallest absolute Gasteiger partial charge is 0.330 e. The van der Waals surface area contributed by atoms with Crippen LogP contribution in [0.5, 0.6) is 5.75 Å². The highest BCUT2D eigenvalue weighted by atomic mass is 16.5. The van der Waals surface area contributed by atoms with Crippen molar-refractivity contribution in [2.24, 2.45) is 5.92 Å². The van der Waals surface area contributed by atoms with Crippen LogP contribution in [0.1, 0.15) is 18.1 Å². The number of carboxylic acid groups (broad SMARTS) is 1. The van der Waals surface area contributed by atoms with Crippen LogP contribution >= 0.6 is 0 Å². The van der Waals surface area contributed by atoms with Gasteiger partial charge in [-0.15, -0.1) is 0 Å². The van der Waals surface area contributed by atoms with Gasteiger partial charge in [0.05, 0.1) is 19.1 Å². The molecule has 0 saturated carbocycles. The number of likely N-dealkylation sites (tertiary alicyclic amines) is 1. The number of benzene rings is 2. The van der Waals surface area contributed by atoms with Gasteiger partial charge in [0.1, 0.15) is 12.4 Å². The van der Waals surface area contributed by atoms with Crippen molar-refractivity contribution in [3.05, 3.63) is 65.7 Å². The molecule has 2 aliphatic rings. The Morgan fingerprint density at radius 1 is 1.09 bits per heavy atom. The highest BCUT2D eigenvalue weighted by molar-refractivity contribution is 6.00. The van der Waals surface area contributed by atoms with Crippen LogP contribution in [0.3, 0.4) is 0 Å². The maximum absolute atomic E-state index is 12.7. The predicted octanol–water partition coefficient (Wildman–Crippen LogP) is 2.44. The zero-order valence-corrected chi connectivity index (χ0v) is 18.4. The fourth-order valence-electron chi connectivity index (χ4n) is 4.54.